The van der Waals surface area contributed by atoms with Gasteiger partial charge < -0.3 is 18.6 Å². The van der Waals surface area contributed by atoms with Crippen molar-refractivity contribution in [1.82, 2.24) is 0 Å². The Hall–Kier alpha value is -3.02. The maximum absolute atomic E-state index is 11.7. The first kappa shape index (κ1) is 16.4. The number of ether oxygens (including phenoxy) is 3. The van der Waals surface area contributed by atoms with Crippen LogP contribution in [0.4, 0.5) is 0 Å². The number of aryl methyl sites for hydroxylation is 1. The summed E-state index contributed by atoms with van der Waals surface area (Å²) >= 11 is 0. The molecule has 0 aliphatic rings. The van der Waals surface area contributed by atoms with Gasteiger partial charge in [-0.05, 0) is 43.3 Å². The smallest absolute Gasteiger partial charge is 0.341 e. The Morgan fingerprint density at radius 1 is 1.09 bits per heavy atom. The van der Waals surface area contributed by atoms with E-state index in [0.29, 0.717) is 28.6 Å². The maximum atomic E-state index is 11.7. The SMILES string of the molecule is COC(=O)c1cc(/C=C/C(=O)Oc2ccc(OC)cc2)oc1C. The normalized spacial score (nSPS) is 10.6. The standard InChI is InChI=1S/C17H16O6/c1-11-15(17(19)21-3)10-14(22-11)8-9-16(18)23-13-6-4-12(20-2)5-7-13/h4-10H,1-3H3/b9-8+. The molecule has 0 saturated carbocycles. The number of esters is 2. The highest BCUT2D eigenvalue weighted by atomic mass is 16.5. The maximum Gasteiger partial charge on any atom is 0.341 e. The zero-order chi connectivity index (χ0) is 16.8. The van der Waals surface area contributed by atoms with E-state index in [1.165, 1.54) is 25.3 Å². The van der Waals surface area contributed by atoms with Gasteiger partial charge in [0.05, 0.1) is 14.2 Å². The largest absolute Gasteiger partial charge is 0.497 e. The molecule has 6 nitrogen and oxygen atoms in total. The molecule has 0 aliphatic carbocycles. The monoisotopic (exact) mass is 316 g/mol. The summed E-state index contributed by atoms with van der Waals surface area (Å²) in [7, 11) is 2.84. The van der Waals surface area contributed by atoms with Gasteiger partial charge in [-0.2, -0.15) is 0 Å². The zero-order valence-electron chi connectivity index (χ0n) is 13.0. The third-order valence-electron chi connectivity index (χ3n) is 3.00. The lowest BCUT2D eigenvalue weighted by Gasteiger charge is -2.02. The summed E-state index contributed by atoms with van der Waals surface area (Å²) in [4.78, 5) is 23.2. The number of hydrogen-bond acceptors (Lipinski definition) is 6. The molecule has 0 aliphatic heterocycles. The Bertz CT molecular complexity index is 724. The van der Waals surface area contributed by atoms with Crippen LogP contribution in [0.25, 0.3) is 6.08 Å². The summed E-state index contributed by atoms with van der Waals surface area (Å²) in [6, 6.07) is 8.11. The van der Waals surface area contributed by atoms with Crippen LogP contribution in [0.15, 0.2) is 40.8 Å². The van der Waals surface area contributed by atoms with E-state index in [1.54, 1.807) is 38.3 Å². The Balaban J connectivity index is 2.01. The minimum atomic E-state index is -0.566. The fourth-order valence-electron chi connectivity index (χ4n) is 1.84. The lowest BCUT2D eigenvalue weighted by atomic mass is 10.2. The number of carbonyl (C=O) groups is 2. The first-order chi connectivity index (χ1) is 11.0. The van der Waals surface area contributed by atoms with E-state index in [9.17, 15) is 9.59 Å². The highest BCUT2D eigenvalue weighted by Gasteiger charge is 2.14. The van der Waals surface area contributed by atoms with E-state index >= 15 is 0 Å². The van der Waals surface area contributed by atoms with Crippen LogP contribution in [0, 0.1) is 6.92 Å². The van der Waals surface area contributed by atoms with E-state index in [2.05, 4.69) is 4.74 Å². The van der Waals surface area contributed by atoms with E-state index in [4.69, 9.17) is 13.9 Å². The summed E-state index contributed by atoms with van der Waals surface area (Å²) in [5.41, 5.74) is 0.315. The van der Waals surface area contributed by atoms with Crippen molar-refractivity contribution >= 4 is 18.0 Å². The third kappa shape index (κ3) is 4.23. The van der Waals surface area contributed by atoms with Gasteiger partial charge in [0.25, 0.3) is 0 Å². The van der Waals surface area contributed by atoms with Crippen molar-refractivity contribution in [2.24, 2.45) is 0 Å². The molecule has 0 unspecified atom stereocenters. The topological polar surface area (TPSA) is 75.0 Å². The van der Waals surface area contributed by atoms with E-state index in [1.807, 2.05) is 0 Å². The molecule has 120 valence electrons. The highest BCUT2D eigenvalue weighted by Crippen LogP contribution is 2.18. The molecule has 0 N–H and O–H groups in total. The molecule has 0 amide bonds. The number of methoxy groups -OCH3 is 2. The van der Waals surface area contributed by atoms with Gasteiger partial charge in [0.15, 0.2) is 0 Å². The van der Waals surface area contributed by atoms with Crippen LogP contribution in [0.5, 0.6) is 11.5 Å². The third-order valence-corrected chi connectivity index (χ3v) is 3.00. The van der Waals surface area contributed by atoms with Gasteiger partial charge >= 0.3 is 11.9 Å². The minimum absolute atomic E-state index is 0.315. The molecular weight excluding hydrogens is 300 g/mol. The molecule has 6 heteroatoms. The van der Waals surface area contributed by atoms with Gasteiger partial charge in [0, 0.05) is 6.08 Å². The van der Waals surface area contributed by atoms with E-state index < -0.39 is 11.9 Å². The zero-order valence-corrected chi connectivity index (χ0v) is 13.0. The van der Waals surface area contributed by atoms with Gasteiger partial charge in [0.2, 0.25) is 0 Å². The van der Waals surface area contributed by atoms with Crippen molar-refractivity contribution in [3.63, 3.8) is 0 Å². The van der Waals surface area contributed by atoms with Crippen LogP contribution < -0.4 is 9.47 Å². The summed E-state index contributed by atoms with van der Waals surface area (Å²) in [6.07, 6.45) is 2.63. The number of furan rings is 1. The Kier molecular flexibility index (Phi) is 5.19. The molecule has 0 atom stereocenters. The second kappa shape index (κ2) is 7.31. The fraction of sp³-hybridized carbons (Fsp3) is 0.176. The Labute approximate surface area is 133 Å². The number of rotatable bonds is 5. The van der Waals surface area contributed by atoms with Crippen LogP contribution in [-0.4, -0.2) is 26.2 Å². The quantitative estimate of drug-likeness (QED) is 0.479. The number of carbonyl (C=O) groups excluding carboxylic acids is 2. The van der Waals surface area contributed by atoms with Crippen LogP contribution >= 0.6 is 0 Å². The van der Waals surface area contributed by atoms with Gasteiger partial charge in [-0.1, -0.05) is 0 Å². The van der Waals surface area contributed by atoms with E-state index in [-0.39, 0.29) is 0 Å². The highest BCUT2D eigenvalue weighted by molar-refractivity contribution is 5.92. The molecule has 2 aromatic rings. The van der Waals surface area contributed by atoms with E-state index in [0.717, 1.165) is 0 Å². The van der Waals surface area contributed by atoms with Crippen LogP contribution in [0.1, 0.15) is 21.9 Å². The van der Waals surface area contributed by atoms with Crippen molar-refractivity contribution in [2.45, 2.75) is 6.92 Å². The van der Waals surface area contributed by atoms with Crippen LogP contribution in [-0.2, 0) is 9.53 Å². The summed E-state index contributed by atoms with van der Waals surface area (Å²) in [5, 5.41) is 0. The predicted octanol–water partition coefficient (Wildman–Crippen LogP) is 3.00. The molecule has 1 heterocycles. The summed E-state index contributed by atoms with van der Waals surface area (Å²) < 4.78 is 20.1. The van der Waals surface area contributed by atoms with Crippen LogP contribution in [0.3, 0.4) is 0 Å². The molecule has 2 rings (SSSR count). The molecule has 1 aromatic heterocycles. The first-order valence-corrected chi connectivity index (χ1v) is 6.76. The lowest BCUT2D eigenvalue weighted by molar-refractivity contribution is -0.128. The summed E-state index contributed by atoms with van der Waals surface area (Å²) in [5.74, 6) is 0.776. The first-order valence-electron chi connectivity index (χ1n) is 6.76. The van der Waals surface area contributed by atoms with Gasteiger partial charge in [-0.3, -0.25) is 0 Å². The second-order valence-corrected chi connectivity index (χ2v) is 4.54. The number of benzene rings is 1. The lowest BCUT2D eigenvalue weighted by Crippen LogP contribution is -2.03. The van der Waals surface area contributed by atoms with Crippen molar-refractivity contribution < 1.29 is 28.2 Å². The van der Waals surface area contributed by atoms with Gasteiger partial charge in [0.1, 0.15) is 28.6 Å². The fourth-order valence-corrected chi connectivity index (χ4v) is 1.84. The molecule has 0 radical (unpaired) electrons. The second-order valence-electron chi connectivity index (χ2n) is 4.54. The molecule has 0 fully saturated rings. The predicted molar refractivity (Wildman–Crippen MR) is 82.4 cm³/mol. The van der Waals surface area contributed by atoms with Crippen molar-refractivity contribution in [2.75, 3.05) is 14.2 Å². The molecule has 0 bridgehead atoms. The van der Waals surface area contributed by atoms with Gasteiger partial charge in [-0.15, -0.1) is 0 Å². The molecular formula is C17H16O6. The molecule has 0 saturated heterocycles. The minimum Gasteiger partial charge on any atom is -0.497 e. The molecule has 1 aromatic carbocycles. The Morgan fingerprint density at radius 3 is 2.35 bits per heavy atom. The van der Waals surface area contributed by atoms with Crippen LogP contribution in [0.2, 0.25) is 0 Å². The average molecular weight is 316 g/mol. The summed E-state index contributed by atoms with van der Waals surface area (Å²) in [6.45, 7) is 1.64. The van der Waals surface area contributed by atoms with Crippen molar-refractivity contribution in [3.05, 3.63) is 53.5 Å². The Morgan fingerprint density at radius 2 is 1.74 bits per heavy atom. The number of hydrogen-bond donors (Lipinski definition) is 0. The molecule has 23 heavy (non-hydrogen) atoms. The average Bonchev–Trinajstić information content (AvgIpc) is 2.94. The van der Waals surface area contributed by atoms with Gasteiger partial charge in [-0.25, -0.2) is 9.59 Å². The molecule has 0 spiro atoms. The van der Waals surface area contributed by atoms with Crippen molar-refractivity contribution in [3.8, 4) is 11.5 Å². The van der Waals surface area contributed by atoms with Crippen molar-refractivity contribution in [1.29, 1.82) is 0 Å².